The molecule has 19 heavy (non-hydrogen) atoms. The van der Waals surface area contributed by atoms with Gasteiger partial charge >= 0.3 is 0 Å². The van der Waals surface area contributed by atoms with Gasteiger partial charge in [-0.15, -0.1) is 11.3 Å². The number of aromatic nitrogens is 3. The summed E-state index contributed by atoms with van der Waals surface area (Å²) >= 11 is 1.57. The van der Waals surface area contributed by atoms with E-state index in [9.17, 15) is 4.79 Å². The molecule has 96 valence electrons. The molecular weight excluding hydrogens is 258 g/mol. The van der Waals surface area contributed by atoms with Gasteiger partial charge in [0.25, 0.3) is 5.56 Å². The number of rotatable bonds is 2. The number of aryl methyl sites for hydroxylation is 2. The third-order valence-electron chi connectivity index (χ3n) is 3.23. The lowest BCUT2D eigenvalue weighted by Gasteiger charge is -2.05. The fraction of sp³-hybridized carbons (Fsp3) is 0.214. The van der Waals surface area contributed by atoms with Crippen LogP contribution in [0.5, 0.6) is 0 Å². The summed E-state index contributed by atoms with van der Waals surface area (Å²) in [5.74, 6) is 0. The molecule has 0 saturated heterocycles. The minimum atomic E-state index is 0.0238. The van der Waals surface area contributed by atoms with E-state index in [4.69, 9.17) is 0 Å². The number of hydrogen-bond acceptors (Lipinski definition) is 4. The first-order valence-electron chi connectivity index (χ1n) is 6.01. The standard InChI is InChI=1S/C14H13N3OS/c1-9-10(2)19-13-12(9)14(18)17(8-16-13)7-11-4-3-5-15-6-11/h3-6,8H,7H2,1-2H3. The molecule has 0 saturated carbocycles. The van der Waals surface area contributed by atoms with Crippen LogP contribution in [0, 0.1) is 13.8 Å². The van der Waals surface area contributed by atoms with Crippen LogP contribution in [-0.2, 0) is 6.54 Å². The van der Waals surface area contributed by atoms with Crippen molar-refractivity contribution in [3.63, 3.8) is 0 Å². The number of nitrogens with zero attached hydrogens (tertiary/aromatic N) is 3. The molecule has 0 aliphatic rings. The van der Waals surface area contributed by atoms with Gasteiger partial charge in [-0.1, -0.05) is 6.07 Å². The molecule has 3 aromatic rings. The Morgan fingerprint density at radius 2 is 2.21 bits per heavy atom. The fourth-order valence-corrected chi connectivity index (χ4v) is 3.06. The monoisotopic (exact) mass is 271 g/mol. The number of fused-ring (bicyclic) bond motifs is 1. The van der Waals surface area contributed by atoms with E-state index in [0.29, 0.717) is 6.54 Å². The summed E-state index contributed by atoms with van der Waals surface area (Å²) in [6, 6.07) is 3.82. The molecule has 3 rings (SSSR count). The molecule has 0 aliphatic carbocycles. The molecule has 0 spiro atoms. The van der Waals surface area contributed by atoms with Crippen molar-refractivity contribution in [3.8, 4) is 0 Å². The summed E-state index contributed by atoms with van der Waals surface area (Å²) in [5, 5.41) is 0.744. The zero-order valence-corrected chi connectivity index (χ0v) is 11.6. The lowest BCUT2D eigenvalue weighted by molar-refractivity contribution is 0.746. The highest BCUT2D eigenvalue weighted by molar-refractivity contribution is 7.18. The van der Waals surface area contributed by atoms with Gasteiger partial charge in [0.15, 0.2) is 0 Å². The average Bonchev–Trinajstić information content (AvgIpc) is 2.71. The molecule has 0 amide bonds. The van der Waals surface area contributed by atoms with Crippen molar-refractivity contribution in [2.75, 3.05) is 0 Å². The van der Waals surface area contributed by atoms with E-state index < -0.39 is 0 Å². The van der Waals surface area contributed by atoms with E-state index >= 15 is 0 Å². The molecule has 4 nitrogen and oxygen atoms in total. The summed E-state index contributed by atoms with van der Waals surface area (Å²) < 4.78 is 1.64. The van der Waals surface area contributed by atoms with Crippen LogP contribution in [0.25, 0.3) is 10.2 Å². The predicted molar refractivity (Wildman–Crippen MR) is 76.7 cm³/mol. The summed E-state index contributed by atoms with van der Waals surface area (Å²) in [6.45, 7) is 4.50. The minimum absolute atomic E-state index is 0.0238. The maximum atomic E-state index is 12.5. The quantitative estimate of drug-likeness (QED) is 0.719. The average molecular weight is 271 g/mol. The van der Waals surface area contributed by atoms with Crippen molar-refractivity contribution in [1.82, 2.24) is 14.5 Å². The van der Waals surface area contributed by atoms with E-state index in [-0.39, 0.29) is 5.56 Å². The number of thiophene rings is 1. The summed E-state index contributed by atoms with van der Waals surface area (Å²) in [7, 11) is 0. The Hall–Kier alpha value is -2.01. The lowest BCUT2D eigenvalue weighted by atomic mass is 10.2. The molecular formula is C14H13N3OS. The normalized spacial score (nSPS) is 11.1. The van der Waals surface area contributed by atoms with Gasteiger partial charge in [0.2, 0.25) is 0 Å². The summed E-state index contributed by atoms with van der Waals surface area (Å²) in [5.41, 5.74) is 2.06. The molecule has 0 N–H and O–H groups in total. The lowest BCUT2D eigenvalue weighted by Crippen LogP contribution is -2.21. The molecule has 0 aromatic carbocycles. The van der Waals surface area contributed by atoms with Crippen molar-refractivity contribution in [2.24, 2.45) is 0 Å². The molecule has 0 radical (unpaired) electrons. The van der Waals surface area contributed by atoms with Crippen LogP contribution >= 0.6 is 11.3 Å². The van der Waals surface area contributed by atoms with Crippen LogP contribution in [0.3, 0.4) is 0 Å². The Labute approximate surface area is 114 Å². The van der Waals surface area contributed by atoms with Crippen molar-refractivity contribution >= 4 is 21.6 Å². The summed E-state index contributed by atoms with van der Waals surface area (Å²) in [4.78, 5) is 22.9. The maximum absolute atomic E-state index is 12.5. The Balaban J connectivity index is 2.13. The van der Waals surface area contributed by atoms with Gasteiger partial charge in [-0.2, -0.15) is 0 Å². The van der Waals surface area contributed by atoms with Gasteiger partial charge in [0.1, 0.15) is 4.83 Å². The molecule has 3 heterocycles. The van der Waals surface area contributed by atoms with Gasteiger partial charge in [-0.05, 0) is 31.0 Å². The second-order valence-corrected chi connectivity index (χ2v) is 5.71. The van der Waals surface area contributed by atoms with Crippen LogP contribution in [-0.4, -0.2) is 14.5 Å². The highest BCUT2D eigenvalue weighted by Crippen LogP contribution is 2.25. The molecule has 0 unspecified atom stereocenters. The largest absolute Gasteiger partial charge is 0.294 e. The third-order valence-corrected chi connectivity index (χ3v) is 4.35. The van der Waals surface area contributed by atoms with E-state index in [1.807, 2.05) is 26.0 Å². The number of pyridine rings is 1. The topological polar surface area (TPSA) is 47.8 Å². The van der Waals surface area contributed by atoms with Crippen LogP contribution in [0.4, 0.5) is 0 Å². The molecule has 0 bridgehead atoms. The van der Waals surface area contributed by atoms with Gasteiger partial charge in [-0.3, -0.25) is 14.3 Å². The van der Waals surface area contributed by atoms with Crippen molar-refractivity contribution < 1.29 is 0 Å². The Morgan fingerprint density at radius 1 is 1.37 bits per heavy atom. The van der Waals surface area contributed by atoms with Crippen molar-refractivity contribution in [1.29, 1.82) is 0 Å². The fourth-order valence-electron chi connectivity index (χ4n) is 2.07. The Kier molecular flexibility index (Phi) is 2.91. The first kappa shape index (κ1) is 12.0. The SMILES string of the molecule is Cc1sc2ncn(Cc3cccnc3)c(=O)c2c1C. The molecule has 5 heteroatoms. The first-order chi connectivity index (χ1) is 9.16. The van der Waals surface area contributed by atoms with Gasteiger partial charge < -0.3 is 0 Å². The Morgan fingerprint density at radius 3 is 2.95 bits per heavy atom. The maximum Gasteiger partial charge on any atom is 0.262 e. The van der Waals surface area contributed by atoms with Crippen LogP contribution in [0.2, 0.25) is 0 Å². The van der Waals surface area contributed by atoms with Crippen molar-refractivity contribution in [2.45, 2.75) is 20.4 Å². The van der Waals surface area contributed by atoms with E-state index in [2.05, 4.69) is 9.97 Å². The van der Waals surface area contributed by atoms with Gasteiger partial charge in [0, 0.05) is 17.3 Å². The number of hydrogen-bond donors (Lipinski definition) is 0. The smallest absolute Gasteiger partial charge is 0.262 e. The highest BCUT2D eigenvalue weighted by atomic mass is 32.1. The van der Waals surface area contributed by atoms with Gasteiger partial charge in [0.05, 0.1) is 18.3 Å². The van der Waals surface area contributed by atoms with Crippen LogP contribution in [0.1, 0.15) is 16.0 Å². The second kappa shape index (κ2) is 4.59. The molecule has 0 aliphatic heterocycles. The van der Waals surface area contributed by atoms with Crippen molar-refractivity contribution in [3.05, 3.63) is 57.2 Å². The molecule has 0 atom stereocenters. The van der Waals surface area contributed by atoms with Crippen LogP contribution in [0.15, 0.2) is 35.6 Å². The highest BCUT2D eigenvalue weighted by Gasteiger charge is 2.11. The van der Waals surface area contributed by atoms with E-state index in [0.717, 1.165) is 26.2 Å². The zero-order chi connectivity index (χ0) is 13.4. The second-order valence-electron chi connectivity index (χ2n) is 4.50. The molecule has 3 aromatic heterocycles. The summed E-state index contributed by atoms with van der Waals surface area (Å²) in [6.07, 6.45) is 5.11. The van der Waals surface area contributed by atoms with E-state index in [1.165, 1.54) is 0 Å². The molecule has 0 fully saturated rings. The zero-order valence-electron chi connectivity index (χ0n) is 10.8. The van der Waals surface area contributed by atoms with Crippen LogP contribution < -0.4 is 5.56 Å². The predicted octanol–water partition coefficient (Wildman–Crippen LogP) is 2.52. The first-order valence-corrected chi connectivity index (χ1v) is 6.82. The van der Waals surface area contributed by atoms with E-state index in [1.54, 1.807) is 34.6 Å². The Bertz CT molecular complexity index is 790. The third kappa shape index (κ3) is 2.06. The van der Waals surface area contributed by atoms with Gasteiger partial charge in [-0.25, -0.2) is 4.98 Å². The minimum Gasteiger partial charge on any atom is -0.294 e.